The van der Waals surface area contributed by atoms with Gasteiger partial charge in [-0.1, -0.05) is 6.07 Å². The highest BCUT2D eigenvalue weighted by Crippen LogP contribution is 2.26. The van der Waals surface area contributed by atoms with Gasteiger partial charge in [-0.05, 0) is 51.1 Å². The molecule has 0 spiro atoms. The molecular weight excluding hydrogens is 240 g/mol. The number of amides is 1. The number of hydrogen-bond acceptors (Lipinski definition) is 3. The third kappa shape index (κ3) is 3.47. The van der Waals surface area contributed by atoms with Gasteiger partial charge < -0.3 is 15.0 Å². The summed E-state index contributed by atoms with van der Waals surface area (Å²) in [6.07, 6.45) is 2.05. The summed E-state index contributed by atoms with van der Waals surface area (Å²) in [5.41, 5.74) is 1.87. The van der Waals surface area contributed by atoms with Gasteiger partial charge in [-0.3, -0.25) is 4.79 Å². The Hall–Kier alpha value is -1.55. The number of piperidine rings is 1. The summed E-state index contributed by atoms with van der Waals surface area (Å²) < 4.78 is 5.28. The molecule has 104 valence electrons. The maximum Gasteiger partial charge on any atom is 0.228 e. The van der Waals surface area contributed by atoms with Gasteiger partial charge in [0.1, 0.15) is 5.75 Å². The van der Waals surface area contributed by atoms with Crippen LogP contribution in [-0.2, 0) is 4.79 Å². The fraction of sp³-hybridized carbons (Fsp3) is 0.533. The topological polar surface area (TPSA) is 41.6 Å². The Kier molecular flexibility index (Phi) is 4.43. The Labute approximate surface area is 114 Å². The van der Waals surface area contributed by atoms with Crippen LogP contribution in [0.25, 0.3) is 0 Å². The minimum atomic E-state index is 0.0731. The monoisotopic (exact) mass is 262 g/mol. The minimum absolute atomic E-state index is 0.0731. The van der Waals surface area contributed by atoms with Gasteiger partial charge in [0.25, 0.3) is 0 Å². The van der Waals surface area contributed by atoms with Crippen LogP contribution >= 0.6 is 0 Å². The maximum absolute atomic E-state index is 12.3. The largest absolute Gasteiger partial charge is 0.495 e. The van der Waals surface area contributed by atoms with Crippen LogP contribution in [0.3, 0.4) is 0 Å². The van der Waals surface area contributed by atoms with E-state index in [1.807, 2.05) is 25.1 Å². The van der Waals surface area contributed by atoms with Gasteiger partial charge >= 0.3 is 0 Å². The van der Waals surface area contributed by atoms with Crippen molar-refractivity contribution in [3.8, 4) is 5.75 Å². The predicted molar refractivity (Wildman–Crippen MR) is 76.6 cm³/mol. The Morgan fingerprint density at radius 1 is 1.47 bits per heavy atom. The molecule has 0 aliphatic carbocycles. The summed E-state index contributed by atoms with van der Waals surface area (Å²) >= 11 is 0. The molecule has 1 saturated heterocycles. The molecule has 1 amide bonds. The number of aryl methyl sites for hydroxylation is 1. The number of carbonyl (C=O) groups excluding carboxylic acids is 1. The normalized spacial score (nSPS) is 20.1. The van der Waals surface area contributed by atoms with Crippen molar-refractivity contribution in [1.82, 2.24) is 4.90 Å². The van der Waals surface area contributed by atoms with E-state index in [4.69, 9.17) is 4.74 Å². The number of rotatable bonds is 3. The molecule has 1 unspecified atom stereocenters. The fourth-order valence-corrected chi connectivity index (χ4v) is 2.53. The predicted octanol–water partition coefficient (Wildman–Crippen LogP) is 2.28. The van der Waals surface area contributed by atoms with Gasteiger partial charge in [0, 0.05) is 6.54 Å². The maximum atomic E-state index is 12.3. The lowest BCUT2D eigenvalue weighted by atomic mass is 9.97. The molecule has 1 aromatic rings. The van der Waals surface area contributed by atoms with Crippen molar-refractivity contribution in [2.45, 2.75) is 19.8 Å². The third-order valence-corrected chi connectivity index (χ3v) is 3.61. The Balaban J connectivity index is 2.07. The van der Waals surface area contributed by atoms with Gasteiger partial charge in [0.15, 0.2) is 0 Å². The zero-order chi connectivity index (χ0) is 13.8. The lowest BCUT2D eigenvalue weighted by Crippen LogP contribution is -2.38. The fourth-order valence-electron chi connectivity index (χ4n) is 2.53. The second-order valence-corrected chi connectivity index (χ2v) is 5.29. The standard InChI is InChI=1S/C15H22N2O2/c1-11-6-7-14(19-3)13(9-11)16-15(18)12-5-4-8-17(2)10-12/h6-7,9,12H,4-5,8,10H2,1-3H3,(H,16,18). The first-order chi connectivity index (χ1) is 9.10. The molecule has 19 heavy (non-hydrogen) atoms. The highest BCUT2D eigenvalue weighted by molar-refractivity contribution is 5.94. The second-order valence-electron chi connectivity index (χ2n) is 5.29. The minimum Gasteiger partial charge on any atom is -0.495 e. The van der Waals surface area contributed by atoms with Crippen LogP contribution in [0, 0.1) is 12.8 Å². The molecule has 4 heteroatoms. The van der Waals surface area contributed by atoms with Crippen molar-refractivity contribution in [3.05, 3.63) is 23.8 Å². The number of benzene rings is 1. The first-order valence-electron chi connectivity index (χ1n) is 6.74. The summed E-state index contributed by atoms with van der Waals surface area (Å²) in [7, 11) is 3.68. The van der Waals surface area contributed by atoms with Gasteiger partial charge in [-0.15, -0.1) is 0 Å². The zero-order valence-electron chi connectivity index (χ0n) is 11.9. The number of carbonyl (C=O) groups is 1. The van der Waals surface area contributed by atoms with Crippen molar-refractivity contribution in [3.63, 3.8) is 0 Å². The van der Waals surface area contributed by atoms with Crippen LogP contribution in [-0.4, -0.2) is 38.1 Å². The van der Waals surface area contributed by atoms with E-state index in [0.717, 1.165) is 37.2 Å². The van der Waals surface area contributed by atoms with Crippen LogP contribution < -0.4 is 10.1 Å². The van der Waals surface area contributed by atoms with Crippen LogP contribution in [0.2, 0.25) is 0 Å². The number of methoxy groups -OCH3 is 1. The SMILES string of the molecule is COc1ccc(C)cc1NC(=O)C1CCCN(C)C1. The summed E-state index contributed by atoms with van der Waals surface area (Å²) in [5.74, 6) is 0.877. The smallest absolute Gasteiger partial charge is 0.228 e. The van der Waals surface area contributed by atoms with E-state index in [1.54, 1.807) is 7.11 Å². The molecule has 1 fully saturated rings. The molecule has 4 nitrogen and oxygen atoms in total. The number of likely N-dealkylation sites (tertiary alicyclic amines) is 1. The number of nitrogens with one attached hydrogen (secondary N) is 1. The lowest BCUT2D eigenvalue weighted by Gasteiger charge is -2.28. The van der Waals surface area contributed by atoms with E-state index in [1.165, 1.54) is 0 Å². The molecule has 0 radical (unpaired) electrons. The number of hydrogen-bond donors (Lipinski definition) is 1. The van der Waals surface area contributed by atoms with Crippen LogP contribution in [0.15, 0.2) is 18.2 Å². The summed E-state index contributed by atoms with van der Waals surface area (Å²) in [5, 5.41) is 3.00. The Morgan fingerprint density at radius 3 is 2.95 bits per heavy atom. The van der Waals surface area contributed by atoms with Crippen LogP contribution in [0.4, 0.5) is 5.69 Å². The molecule has 0 bridgehead atoms. The average Bonchev–Trinajstić information content (AvgIpc) is 2.39. The summed E-state index contributed by atoms with van der Waals surface area (Å²) in [4.78, 5) is 14.5. The van der Waals surface area contributed by atoms with E-state index in [0.29, 0.717) is 5.75 Å². The number of anilines is 1. The molecule has 2 rings (SSSR count). The third-order valence-electron chi connectivity index (χ3n) is 3.61. The van der Waals surface area contributed by atoms with E-state index >= 15 is 0 Å². The summed E-state index contributed by atoms with van der Waals surface area (Å²) in [6.45, 7) is 3.92. The molecule has 1 atom stereocenters. The van der Waals surface area contributed by atoms with Crippen molar-refractivity contribution in [2.24, 2.45) is 5.92 Å². The van der Waals surface area contributed by atoms with E-state index in [2.05, 4.69) is 17.3 Å². The van der Waals surface area contributed by atoms with Gasteiger partial charge in [0.05, 0.1) is 18.7 Å². The van der Waals surface area contributed by atoms with Gasteiger partial charge in [-0.2, -0.15) is 0 Å². The van der Waals surface area contributed by atoms with Crippen LogP contribution in [0.5, 0.6) is 5.75 Å². The Morgan fingerprint density at radius 2 is 2.26 bits per heavy atom. The number of ether oxygens (including phenoxy) is 1. The molecule has 1 aliphatic heterocycles. The van der Waals surface area contributed by atoms with Crippen molar-refractivity contribution < 1.29 is 9.53 Å². The molecule has 1 aliphatic rings. The highest BCUT2D eigenvalue weighted by atomic mass is 16.5. The molecule has 1 heterocycles. The molecule has 0 aromatic heterocycles. The van der Waals surface area contributed by atoms with Crippen molar-refractivity contribution >= 4 is 11.6 Å². The van der Waals surface area contributed by atoms with Crippen molar-refractivity contribution in [1.29, 1.82) is 0 Å². The first kappa shape index (κ1) is 13.9. The molecular formula is C15H22N2O2. The lowest BCUT2D eigenvalue weighted by molar-refractivity contribution is -0.121. The summed E-state index contributed by atoms with van der Waals surface area (Å²) in [6, 6.07) is 5.81. The van der Waals surface area contributed by atoms with Gasteiger partial charge in [-0.25, -0.2) is 0 Å². The molecule has 1 aromatic carbocycles. The molecule has 0 saturated carbocycles. The quantitative estimate of drug-likeness (QED) is 0.908. The van der Waals surface area contributed by atoms with Gasteiger partial charge in [0.2, 0.25) is 5.91 Å². The molecule has 1 N–H and O–H groups in total. The highest BCUT2D eigenvalue weighted by Gasteiger charge is 2.24. The van der Waals surface area contributed by atoms with E-state index in [9.17, 15) is 4.79 Å². The van der Waals surface area contributed by atoms with Crippen LogP contribution in [0.1, 0.15) is 18.4 Å². The van der Waals surface area contributed by atoms with E-state index in [-0.39, 0.29) is 11.8 Å². The van der Waals surface area contributed by atoms with E-state index < -0.39 is 0 Å². The second kappa shape index (κ2) is 6.06. The number of nitrogens with zero attached hydrogens (tertiary/aromatic N) is 1. The Bertz CT molecular complexity index is 459. The first-order valence-corrected chi connectivity index (χ1v) is 6.74. The average molecular weight is 262 g/mol. The van der Waals surface area contributed by atoms with Crippen molar-refractivity contribution in [2.75, 3.05) is 32.6 Å². The zero-order valence-corrected chi connectivity index (χ0v) is 11.9.